The number of thiophene rings is 1. The molecule has 1 aliphatic rings. The summed E-state index contributed by atoms with van der Waals surface area (Å²) in [6.45, 7) is 3.26. The zero-order valence-corrected chi connectivity index (χ0v) is 14.9. The topological polar surface area (TPSA) is 53.9 Å². The second kappa shape index (κ2) is 6.53. The van der Waals surface area contributed by atoms with Gasteiger partial charge in [0.1, 0.15) is 17.0 Å². The zero-order valence-electron chi connectivity index (χ0n) is 13.3. The monoisotopic (exact) mass is 359 g/mol. The van der Waals surface area contributed by atoms with Crippen molar-refractivity contribution in [2.24, 2.45) is 0 Å². The number of rotatable bonds is 3. The fourth-order valence-electron chi connectivity index (χ4n) is 3.34. The molecule has 0 aromatic carbocycles. The van der Waals surface area contributed by atoms with Crippen LogP contribution in [0.4, 0.5) is 11.5 Å². The van der Waals surface area contributed by atoms with Crippen molar-refractivity contribution in [1.82, 2.24) is 15.0 Å². The van der Waals surface area contributed by atoms with Crippen LogP contribution in [-0.4, -0.2) is 33.6 Å². The molecule has 24 heavy (non-hydrogen) atoms. The number of nitrogens with zero attached hydrogens (tertiary/aromatic N) is 4. The van der Waals surface area contributed by atoms with Crippen LogP contribution in [0, 0.1) is 0 Å². The van der Waals surface area contributed by atoms with E-state index in [1.807, 2.05) is 24.5 Å². The van der Waals surface area contributed by atoms with Crippen LogP contribution < -0.4 is 10.2 Å². The van der Waals surface area contributed by atoms with E-state index < -0.39 is 0 Å². The zero-order chi connectivity index (χ0) is 16.5. The van der Waals surface area contributed by atoms with Crippen LogP contribution in [0.2, 0.25) is 4.34 Å². The lowest BCUT2D eigenvalue weighted by Crippen LogP contribution is -2.45. The molecule has 0 aliphatic carbocycles. The highest BCUT2D eigenvalue weighted by Gasteiger charge is 2.26. The number of aromatic nitrogens is 3. The van der Waals surface area contributed by atoms with E-state index in [0.29, 0.717) is 12.1 Å². The largest absolute Gasteiger partial charge is 0.367 e. The number of hydrogen-bond donors (Lipinski definition) is 1. The molecular formula is C17H18ClN5S. The van der Waals surface area contributed by atoms with Gasteiger partial charge in [-0.25, -0.2) is 9.97 Å². The summed E-state index contributed by atoms with van der Waals surface area (Å²) in [4.78, 5) is 16.3. The number of anilines is 2. The summed E-state index contributed by atoms with van der Waals surface area (Å²) >= 11 is 7.60. The van der Waals surface area contributed by atoms with Gasteiger partial charge in [-0.05, 0) is 38.0 Å². The van der Waals surface area contributed by atoms with Gasteiger partial charge in [0, 0.05) is 24.8 Å². The Morgan fingerprint density at radius 3 is 3.08 bits per heavy atom. The molecule has 124 valence electrons. The molecule has 2 unspecified atom stereocenters. The molecule has 5 nitrogen and oxygen atoms in total. The van der Waals surface area contributed by atoms with Crippen LogP contribution in [0.15, 0.2) is 36.9 Å². The van der Waals surface area contributed by atoms with Gasteiger partial charge in [-0.15, -0.1) is 11.3 Å². The minimum absolute atomic E-state index is 0.393. The number of pyridine rings is 1. The normalized spacial score (nSPS) is 21.2. The molecule has 0 bridgehead atoms. The quantitative estimate of drug-likeness (QED) is 0.759. The first kappa shape index (κ1) is 15.6. The van der Waals surface area contributed by atoms with E-state index in [2.05, 4.69) is 38.2 Å². The molecule has 0 spiro atoms. The highest BCUT2D eigenvalue weighted by molar-refractivity contribution is 7.22. The van der Waals surface area contributed by atoms with Crippen molar-refractivity contribution in [3.05, 3.63) is 41.3 Å². The van der Waals surface area contributed by atoms with Gasteiger partial charge in [0.05, 0.1) is 21.6 Å². The molecule has 1 N–H and O–H groups in total. The maximum atomic E-state index is 6.12. The standard InChI is InChI=1S/C17H18ClN5S/c1-11-7-12(4-6-23(11)13-3-2-5-19-9-13)22-16-14-8-15(18)24-17(14)21-10-20-16/h2-3,5,8-12H,4,6-7H2,1H3,(H,20,21,22). The molecule has 7 heteroatoms. The van der Waals surface area contributed by atoms with Gasteiger partial charge < -0.3 is 10.2 Å². The minimum Gasteiger partial charge on any atom is -0.367 e. The Morgan fingerprint density at radius 1 is 1.38 bits per heavy atom. The first-order valence-corrected chi connectivity index (χ1v) is 9.23. The molecule has 1 aliphatic heterocycles. The van der Waals surface area contributed by atoms with Crippen molar-refractivity contribution in [2.75, 3.05) is 16.8 Å². The van der Waals surface area contributed by atoms with Crippen molar-refractivity contribution < 1.29 is 0 Å². The lowest BCUT2D eigenvalue weighted by atomic mass is 9.97. The molecule has 3 aromatic heterocycles. The van der Waals surface area contributed by atoms with Crippen LogP contribution in [-0.2, 0) is 0 Å². The summed E-state index contributed by atoms with van der Waals surface area (Å²) in [6.07, 6.45) is 7.47. The van der Waals surface area contributed by atoms with Gasteiger partial charge >= 0.3 is 0 Å². The third-order valence-electron chi connectivity index (χ3n) is 4.49. The van der Waals surface area contributed by atoms with Crippen molar-refractivity contribution in [3.8, 4) is 0 Å². The Bertz CT molecular complexity index is 837. The van der Waals surface area contributed by atoms with E-state index in [1.165, 1.54) is 17.0 Å². The lowest BCUT2D eigenvalue weighted by Gasteiger charge is -2.39. The van der Waals surface area contributed by atoms with Crippen LogP contribution in [0.3, 0.4) is 0 Å². The fraction of sp³-hybridized carbons (Fsp3) is 0.353. The molecular weight excluding hydrogens is 342 g/mol. The van der Waals surface area contributed by atoms with Crippen LogP contribution in [0.5, 0.6) is 0 Å². The van der Waals surface area contributed by atoms with E-state index in [4.69, 9.17) is 11.6 Å². The average Bonchev–Trinajstić information content (AvgIpc) is 2.97. The summed E-state index contributed by atoms with van der Waals surface area (Å²) in [7, 11) is 0. The van der Waals surface area contributed by atoms with Gasteiger partial charge in [0.25, 0.3) is 0 Å². The highest BCUT2D eigenvalue weighted by atomic mass is 35.5. The highest BCUT2D eigenvalue weighted by Crippen LogP contribution is 2.32. The van der Waals surface area contributed by atoms with E-state index in [1.54, 1.807) is 6.33 Å². The molecule has 1 saturated heterocycles. The SMILES string of the molecule is CC1CC(Nc2ncnc3sc(Cl)cc23)CCN1c1cccnc1. The van der Waals surface area contributed by atoms with Crippen molar-refractivity contribution >= 4 is 44.7 Å². The fourth-order valence-corrected chi connectivity index (χ4v) is 4.40. The second-order valence-electron chi connectivity index (χ2n) is 6.11. The van der Waals surface area contributed by atoms with Crippen LogP contribution in [0.25, 0.3) is 10.2 Å². The second-order valence-corrected chi connectivity index (χ2v) is 7.77. The van der Waals surface area contributed by atoms with E-state index >= 15 is 0 Å². The first-order valence-electron chi connectivity index (χ1n) is 8.04. The Kier molecular flexibility index (Phi) is 4.24. The van der Waals surface area contributed by atoms with E-state index in [-0.39, 0.29) is 0 Å². The van der Waals surface area contributed by atoms with Crippen molar-refractivity contribution in [1.29, 1.82) is 0 Å². The van der Waals surface area contributed by atoms with E-state index in [0.717, 1.165) is 39.8 Å². The number of hydrogen-bond acceptors (Lipinski definition) is 6. The molecule has 0 radical (unpaired) electrons. The Hall–Kier alpha value is -1.92. The average molecular weight is 360 g/mol. The predicted molar refractivity (Wildman–Crippen MR) is 100 cm³/mol. The van der Waals surface area contributed by atoms with Gasteiger partial charge in [-0.2, -0.15) is 0 Å². The number of fused-ring (bicyclic) bond motifs is 1. The summed E-state index contributed by atoms with van der Waals surface area (Å²) in [5.41, 5.74) is 1.19. The molecule has 0 saturated carbocycles. The third-order valence-corrected chi connectivity index (χ3v) is 5.67. The summed E-state index contributed by atoms with van der Waals surface area (Å²) in [6, 6.07) is 6.90. The minimum atomic E-state index is 0.393. The number of nitrogens with one attached hydrogen (secondary N) is 1. The predicted octanol–water partition coefficient (Wildman–Crippen LogP) is 4.21. The Morgan fingerprint density at radius 2 is 2.29 bits per heavy atom. The van der Waals surface area contributed by atoms with Crippen LogP contribution >= 0.6 is 22.9 Å². The Labute approximate surface area is 149 Å². The van der Waals surface area contributed by atoms with Gasteiger partial charge in [-0.3, -0.25) is 4.98 Å². The van der Waals surface area contributed by atoms with E-state index in [9.17, 15) is 0 Å². The van der Waals surface area contributed by atoms with Gasteiger partial charge in [0.2, 0.25) is 0 Å². The van der Waals surface area contributed by atoms with Gasteiger partial charge in [-0.1, -0.05) is 11.6 Å². The molecule has 1 fully saturated rings. The molecule has 4 rings (SSSR count). The molecule has 0 amide bonds. The van der Waals surface area contributed by atoms with Crippen molar-refractivity contribution in [2.45, 2.75) is 31.8 Å². The maximum absolute atomic E-state index is 6.12. The lowest BCUT2D eigenvalue weighted by molar-refractivity contribution is 0.448. The molecule has 3 aromatic rings. The summed E-state index contributed by atoms with van der Waals surface area (Å²) in [5.74, 6) is 0.884. The first-order chi connectivity index (χ1) is 11.7. The third kappa shape index (κ3) is 3.03. The molecule has 4 heterocycles. The number of halogens is 1. The summed E-state index contributed by atoms with van der Waals surface area (Å²) < 4.78 is 0.744. The Balaban J connectivity index is 1.49. The van der Waals surface area contributed by atoms with Gasteiger partial charge in [0.15, 0.2) is 0 Å². The van der Waals surface area contributed by atoms with Crippen LogP contribution in [0.1, 0.15) is 19.8 Å². The smallest absolute Gasteiger partial charge is 0.138 e. The molecule has 2 atom stereocenters. The number of piperidine rings is 1. The summed E-state index contributed by atoms with van der Waals surface area (Å²) in [5, 5.41) is 4.60. The maximum Gasteiger partial charge on any atom is 0.138 e. The van der Waals surface area contributed by atoms with Crippen molar-refractivity contribution in [3.63, 3.8) is 0 Å².